The fourth-order valence-electron chi connectivity index (χ4n) is 3.43. The second kappa shape index (κ2) is 7.77. The van der Waals surface area contributed by atoms with E-state index in [0.29, 0.717) is 23.5 Å². The zero-order valence-corrected chi connectivity index (χ0v) is 13.5. The predicted octanol–water partition coefficient (Wildman–Crippen LogP) is 2.78. The van der Waals surface area contributed by atoms with Crippen LogP contribution in [0.25, 0.3) is 0 Å². The van der Waals surface area contributed by atoms with Crippen molar-refractivity contribution in [3.05, 3.63) is 35.4 Å². The quantitative estimate of drug-likeness (QED) is 0.669. The molecule has 1 aromatic carbocycles. The highest BCUT2D eigenvalue weighted by Gasteiger charge is 2.30. The first kappa shape index (κ1) is 17.0. The molecule has 1 atom stereocenters. The van der Waals surface area contributed by atoms with E-state index in [9.17, 15) is 9.59 Å². The summed E-state index contributed by atoms with van der Waals surface area (Å²) in [5, 5.41) is 9.05. The van der Waals surface area contributed by atoms with Crippen molar-refractivity contribution in [2.45, 2.75) is 44.4 Å². The molecule has 122 valence electrons. The molecule has 2 amide bonds. The molecule has 23 heavy (non-hydrogen) atoms. The monoisotopic (exact) mass is 313 g/mol. The Balaban J connectivity index is 2.35. The van der Waals surface area contributed by atoms with Crippen LogP contribution >= 0.6 is 0 Å². The van der Waals surface area contributed by atoms with E-state index < -0.39 is 11.8 Å². The molecule has 0 radical (unpaired) electrons. The molecule has 1 fully saturated rings. The van der Waals surface area contributed by atoms with Crippen molar-refractivity contribution in [3.63, 3.8) is 0 Å². The molecule has 0 unspecified atom stereocenters. The lowest BCUT2D eigenvalue weighted by Crippen LogP contribution is -2.31. The number of nitriles is 1. The highest BCUT2D eigenvalue weighted by Crippen LogP contribution is 2.35. The summed E-state index contributed by atoms with van der Waals surface area (Å²) in [5.41, 5.74) is 6.47. The van der Waals surface area contributed by atoms with E-state index in [1.54, 1.807) is 24.3 Å². The van der Waals surface area contributed by atoms with Gasteiger partial charge in [-0.15, -0.1) is 0 Å². The Morgan fingerprint density at radius 3 is 2.57 bits per heavy atom. The van der Waals surface area contributed by atoms with Crippen molar-refractivity contribution >= 4 is 11.8 Å². The largest absolute Gasteiger partial charge is 0.366 e. The summed E-state index contributed by atoms with van der Waals surface area (Å²) in [6, 6.07) is 6.96. The van der Waals surface area contributed by atoms with Crippen LogP contribution in [0.2, 0.25) is 0 Å². The van der Waals surface area contributed by atoms with Gasteiger partial charge in [-0.3, -0.25) is 14.5 Å². The maximum Gasteiger partial charge on any atom is 0.249 e. The Morgan fingerprint density at radius 1 is 1.30 bits per heavy atom. The van der Waals surface area contributed by atoms with E-state index in [2.05, 4.69) is 0 Å². The van der Waals surface area contributed by atoms with Gasteiger partial charge in [-0.25, -0.2) is 0 Å². The molecule has 0 heterocycles. The highest BCUT2D eigenvalue weighted by atomic mass is 16.2. The van der Waals surface area contributed by atoms with E-state index in [0.717, 1.165) is 17.7 Å². The number of likely N-dealkylation sites (N-methyl/N-ethyl adjacent to an activating group) is 1. The van der Waals surface area contributed by atoms with E-state index in [4.69, 9.17) is 11.0 Å². The zero-order valence-electron chi connectivity index (χ0n) is 13.5. The van der Waals surface area contributed by atoms with Gasteiger partial charge in [0.05, 0.1) is 5.92 Å². The average Bonchev–Trinajstić information content (AvgIpc) is 2.59. The third kappa shape index (κ3) is 4.10. The van der Waals surface area contributed by atoms with Gasteiger partial charge in [0.25, 0.3) is 0 Å². The van der Waals surface area contributed by atoms with Crippen LogP contribution in [0.1, 0.15) is 60.4 Å². The lowest BCUT2D eigenvalue weighted by Gasteiger charge is -2.28. The Labute approximate surface area is 137 Å². The molecule has 0 aliphatic heterocycles. The van der Waals surface area contributed by atoms with Crippen LogP contribution in [0.3, 0.4) is 0 Å². The minimum atomic E-state index is -0.540. The van der Waals surface area contributed by atoms with Crippen molar-refractivity contribution < 1.29 is 9.59 Å². The second-order valence-electron chi connectivity index (χ2n) is 6.24. The summed E-state index contributed by atoms with van der Waals surface area (Å²) in [5.74, 6) is -0.856. The fraction of sp³-hybridized carbons (Fsp3) is 0.500. The summed E-state index contributed by atoms with van der Waals surface area (Å²) in [7, 11) is 1.46. The standard InChI is InChI=1S/C18H23N3O2/c1-21(12-19)18(23)16(11-13-7-3-2-4-8-13)14-9-5-6-10-15(14)17(20)22/h5-6,9-10,13,16H,2-4,7-8,11H2,1H3,(H2,20,22)/t16-/m0/s1. The van der Waals surface area contributed by atoms with Crippen LogP contribution in [0.15, 0.2) is 24.3 Å². The lowest BCUT2D eigenvalue weighted by molar-refractivity contribution is -0.129. The fourth-order valence-corrected chi connectivity index (χ4v) is 3.43. The van der Waals surface area contributed by atoms with Crippen LogP contribution in [0.4, 0.5) is 0 Å². The van der Waals surface area contributed by atoms with Gasteiger partial charge in [0.15, 0.2) is 6.19 Å². The number of nitrogens with zero attached hydrogens (tertiary/aromatic N) is 2. The number of hydrogen-bond acceptors (Lipinski definition) is 3. The normalized spacial score (nSPS) is 16.3. The summed E-state index contributed by atoms with van der Waals surface area (Å²) >= 11 is 0. The van der Waals surface area contributed by atoms with Crippen molar-refractivity contribution in [2.24, 2.45) is 11.7 Å². The van der Waals surface area contributed by atoms with Crippen LogP contribution in [0.5, 0.6) is 0 Å². The summed E-state index contributed by atoms with van der Waals surface area (Å²) < 4.78 is 0. The first-order valence-corrected chi connectivity index (χ1v) is 8.10. The second-order valence-corrected chi connectivity index (χ2v) is 6.24. The van der Waals surface area contributed by atoms with Crippen molar-refractivity contribution in [2.75, 3.05) is 7.05 Å². The van der Waals surface area contributed by atoms with Gasteiger partial charge in [0, 0.05) is 12.6 Å². The molecule has 0 saturated heterocycles. The number of carbonyl (C=O) groups is 2. The Kier molecular flexibility index (Phi) is 5.75. The van der Waals surface area contributed by atoms with Crippen LogP contribution in [-0.2, 0) is 4.79 Å². The molecule has 1 aromatic rings. The van der Waals surface area contributed by atoms with Crippen molar-refractivity contribution in [1.29, 1.82) is 5.26 Å². The van der Waals surface area contributed by atoms with Crippen LogP contribution in [-0.4, -0.2) is 23.8 Å². The number of hydrogen-bond donors (Lipinski definition) is 1. The topological polar surface area (TPSA) is 87.2 Å². The highest BCUT2D eigenvalue weighted by molar-refractivity contribution is 5.97. The number of benzene rings is 1. The van der Waals surface area contributed by atoms with Gasteiger partial charge >= 0.3 is 0 Å². The number of rotatable bonds is 5. The molecule has 1 saturated carbocycles. The van der Waals surface area contributed by atoms with E-state index in [-0.39, 0.29) is 5.91 Å². The Bertz CT molecular complexity index is 615. The molecule has 2 N–H and O–H groups in total. The maximum absolute atomic E-state index is 12.7. The number of nitrogens with two attached hydrogens (primary N) is 1. The van der Waals surface area contributed by atoms with Gasteiger partial charge in [0.1, 0.15) is 0 Å². The predicted molar refractivity (Wildman–Crippen MR) is 87.3 cm³/mol. The lowest BCUT2D eigenvalue weighted by atomic mass is 9.79. The minimum Gasteiger partial charge on any atom is -0.366 e. The summed E-state index contributed by atoms with van der Waals surface area (Å²) in [6.07, 6.45) is 8.32. The first-order valence-electron chi connectivity index (χ1n) is 8.10. The Hall–Kier alpha value is -2.35. The third-order valence-corrected chi connectivity index (χ3v) is 4.67. The van der Waals surface area contributed by atoms with E-state index >= 15 is 0 Å². The molecular weight excluding hydrogens is 290 g/mol. The molecular formula is C18H23N3O2. The average molecular weight is 313 g/mol. The minimum absolute atomic E-state index is 0.272. The molecule has 1 aliphatic rings. The number of carbonyl (C=O) groups excluding carboxylic acids is 2. The maximum atomic E-state index is 12.7. The van der Waals surface area contributed by atoms with Crippen molar-refractivity contribution in [3.8, 4) is 6.19 Å². The third-order valence-electron chi connectivity index (χ3n) is 4.67. The zero-order chi connectivity index (χ0) is 16.8. The first-order chi connectivity index (χ1) is 11.0. The molecule has 0 aromatic heterocycles. The SMILES string of the molecule is CN(C#N)C(=O)[C@@H](CC1CCCCC1)c1ccccc1C(N)=O. The molecule has 0 bridgehead atoms. The van der Waals surface area contributed by atoms with E-state index in [1.165, 1.54) is 26.3 Å². The van der Waals surface area contributed by atoms with Gasteiger partial charge < -0.3 is 5.73 Å². The molecule has 2 rings (SSSR count). The van der Waals surface area contributed by atoms with Crippen molar-refractivity contribution in [1.82, 2.24) is 4.90 Å². The summed E-state index contributed by atoms with van der Waals surface area (Å²) in [4.78, 5) is 25.4. The molecule has 5 nitrogen and oxygen atoms in total. The molecule has 5 heteroatoms. The number of amides is 2. The molecule has 1 aliphatic carbocycles. The van der Waals surface area contributed by atoms with E-state index in [1.807, 2.05) is 6.19 Å². The summed E-state index contributed by atoms with van der Waals surface area (Å²) in [6.45, 7) is 0. The van der Waals surface area contributed by atoms with Gasteiger partial charge in [0.2, 0.25) is 11.8 Å². The number of primary amides is 1. The van der Waals surface area contributed by atoms with Crippen LogP contribution < -0.4 is 5.73 Å². The van der Waals surface area contributed by atoms with Gasteiger partial charge in [-0.2, -0.15) is 5.26 Å². The van der Waals surface area contributed by atoms with Crippen LogP contribution in [0, 0.1) is 17.4 Å². The molecule has 0 spiro atoms. The Morgan fingerprint density at radius 2 is 1.96 bits per heavy atom. The van der Waals surface area contributed by atoms with Gasteiger partial charge in [-0.1, -0.05) is 50.3 Å². The smallest absolute Gasteiger partial charge is 0.249 e. The van der Waals surface area contributed by atoms with Gasteiger partial charge in [-0.05, 0) is 24.0 Å².